The topological polar surface area (TPSA) is 175 Å². The van der Waals surface area contributed by atoms with Crippen molar-refractivity contribution in [2.75, 3.05) is 50.0 Å². The molecule has 1 amide bonds. The van der Waals surface area contributed by atoms with Gasteiger partial charge in [-0.05, 0) is 37.5 Å². The van der Waals surface area contributed by atoms with Crippen molar-refractivity contribution in [2.45, 2.75) is 52.0 Å². The number of anilines is 2. The molecule has 4 heterocycles. The van der Waals surface area contributed by atoms with Crippen LogP contribution < -0.4 is 22.1 Å². The van der Waals surface area contributed by atoms with Crippen LogP contribution in [0.1, 0.15) is 55.2 Å². The molecular formula is C31H43N11O2. The van der Waals surface area contributed by atoms with Crippen LogP contribution in [0, 0.1) is 6.92 Å². The van der Waals surface area contributed by atoms with Crippen molar-refractivity contribution >= 4 is 34.9 Å². The molecule has 1 aromatic carbocycles. The highest BCUT2D eigenvalue weighted by atomic mass is 16.5. The quantitative estimate of drug-likeness (QED) is 0.336. The number of aliphatic imine (C=N–C) groups is 3. The molecule has 7 N–H and O–H groups in total. The minimum atomic E-state index is -0.285. The summed E-state index contributed by atoms with van der Waals surface area (Å²) in [5, 5.41) is 13.3. The number of hydrogen-bond donors (Lipinski definition) is 5. The van der Waals surface area contributed by atoms with Crippen molar-refractivity contribution in [1.29, 1.82) is 0 Å². The highest BCUT2D eigenvalue weighted by Crippen LogP contribution is 2.25. The second kappa shape index (κ2) is 13.0. The average Bonchev–Trinajstić information content (AvgIpc) is 3.49. The SMILES string of the molecule is C=C/N=C1/C(N)=NC(N2CCC(N3CCOCC3)CC2)=N/C1=C(/N)Nc1cc(C(=O)Nc2cc(C(C)(C)C)n[nH]2)ccc1C. The highest BCUT2D eigenvalue weighted by molar-refractivity contribution is 6.49. The van der Waals surface area contributed by atoms with E-state index in [1.165, 1.54) is 6.20 Å². The third-order valence-electron chi connectivity index (χ3n) is 8.05. The van der Waals surface area contributed by atoms with Crippen LogP contribution in [0.2, 0.25) is 0 Å². The summed E-state index contributed by atoms with van der Waals surface area (Å²) in [5.41, 5.74) is 16.4. The molecule has 3 aliphatic rings. The lowest BCUT2D eigenvalue weighted by molar-refractivity contribution is 0.00535. The zero-order valence-electron chi connectivity index (χ0n) is 26.0. The minimum Gasteiger partial charge on any atom is -0.383 e. The molecule has 0 radical (unpaired) electrons. The van der Waals surface area contributed by atoms with Gasteiger partial charge in [0, 0.05) is 61.2 Å². The Hall–Kier alpha value is -4.49. The lowest BCUT2D eigenvalue weighted by Crippen LogP contribution is -2.50. The summed E-state index contributed by atoms with van der Waals surface area (Å²) in [6.45, 7) is 16.9. The summed E-state index contributed by atoms with van der Waals surface area (Å²) in [6.07, 6.45) is 3.38. The van der Waals surface area contributed by atoms with Crippen molar-refractivity contribution in [1.82, 2.24) is 20.0 Å². The molecule has 0 bridgehead atoms. The van der Waals surface area contributed by atoms with Crippen LogP contribution in [-0.2, 0) is 10.2 Å². The van der Waals surface area contributed by atoms with Gasteiger partial charge >= 0.3 is 0 Å². The number of carbonyl (C=O) groups excluding carboxylic acids is 1. The van der Waals surface area contributed by atoms with Gasteiger partial charge in [0.15, 0.2) is 5.84 Å². The standard InChI is InChI=1S/C31H43N11O2/c1-6-34-25-26(37-30(38-27(25)32)42-11-9-21(10-12-42)41-13-15-44-16-14-41)28(33)35-22-17-20(8-7-19(22)2)29(43)36-24-18-23(39-40-24)31(3,4)5/h6-8,17-18,21,35H,1,9-16,33H2,2-5H3,(H2,32,37,38)(H2,36,39,40,43)/b28-26-,34-25+. The third-order valence-corrected chi connectivity index (χ3v) is 8.05. The molecule has 13 nitrogen and oxygen atoms in total. The van der Waals surface area contributed by atoms with Crippen LogP contribution in [0.4, 0.5) is 11.5 Å². The first-order valence-corrected chi connectivity index (χ1v) is 15.0. The summed E-state index contributed by atoms with van der Waals surface area (Å²) in [7, 11) is 0. The predicted molar refractivity (Wildman–Crippen MR) is 175 cm³/mol. The second-order valence-electron chi connectivity index (χ2n) is 12.2. The number of ether oxygens (including phenoxy) is 1. The minimum absolute atomic E-state index is 0.145. The fourth-order valence-corrected chi connectivity index (χ4v) is 5.45. The van der Waals surface area contributed by atoms with E-state index in [2.05, 4.69) is 68.0 Å². The van der Waals surface area contributed by atoms with E-state index in [0.717, 1.165) is 63.5 Å². The Morgan fingerprint density at radius 1 is 1.14 bits per heavy atom. The fourth-order valence-electron chi connectivity index (χ4n) is 5.45. The van der Waals surface area contributed by atoms with E-state index < -0.39 is 0 Å². The maximum Gasteiger partial charge on any atom is 0.256 e. The van der Waals surface area contributed by atoms with Crippen LogP contribution in [0.5, 0.6) is 0 Å². The van der Waals surface area contributed by atoms with Gasteiger partial charge in [-0.25, -0.2) is 4.99 Å². The molecule has 13 heteroatoms. The van der Waals surface area contributed by atoms with Crippen molar-refractivity contribution in [3.05, 3.63) is 65.4 Å². The summed E-state index contributed by atoms with van der Waals surface area (Å²) < 4.78 is 5.52. The number of piperidine rings is 1. The van der Waals surface area contributed by atoms with Crippen LogP contribution in [0.25, 0.3) is 0 Å². The Balaban J connectivity index is 1.35. The van der Waals surface area contributed by atoms with E-state index in [1.54, 1.807) is 12.1 Å². The zero-order chi connectivity index (χ0) is 31.4. The van der Waals surface area contributed by atoms with E-state index in [4.69, 9.17) is 21.2 Å². The van der Waals surface area contributed by atoms with Crippen LogP contribution in [-0.4, -0.2) is 88.8 Å². The van der Waals surface area contributed by atoms with Crippen LogP contribution >= 0.6 is 0 Å². The molecule has 5 rings (SSSR count). The Morgan fingerprint density at radius 3 is 2.52 bits per heavy atom. The maximum atomic E-state index is 13.1. The molecule has 2 fully saturated rings. The van der Waals surface area contributed by atoms with Gasteiger partial charge in [-0.15, -0.1) is 0 Å². The number of carbonyl (C=O) groups is 1. The van der Waals surface area contributed by atoms with E-state index in [-0.39, 0.29) is 23.0 Å². The molecule has 44 heavy (non-hydrogen) atoms. The normalized spacial score (nSPS) is 20.6. The summed E-state index contributed by atoms with van der Waals surface area (Å²) in [4.78, 5) is 31.5. The van der Waals surface area contributed by atoms with Crippen molar-refractivity contribution in [3.63, 3.8) is 0 Å². The molecule has 0 atom stereocenters. The predicted octanol–water partition coefficient (Wildman–Crippen LogP) is 2.92. The maximum absolute atomic E-state index is 13.1. The van der Waals surface area contributed by atoms with Crippen molar-refractivity contribution in [3.8, 4) is 0 Å². The molecule has 0 aliphatic carbocycles. The smallest absolute Gasteiger partial charge is 0.256 e. The molecule has 234 valence electrons. The number of guanidine groups is 1. The van der Waals surface area contributed by atoms with E-state index in [0.29, 0.717) is 40.5 Å². The Bertz CT molecular complexity index is 1520. The van der Waals surface area contributed by atoms with E-state index >= 15 is 0 Å². The largest absolute Gasteiger partial charge is 0.383 e. The van der Waals surface area contributed by atoms with Crippen LogP contribution in [0.3, 0.4) is 0 Å². The number of rotatable bonds is 6. The van der Waals surface area contributed by atoms with E-state index in [1.807, 2.05) is 19.1 Å². The number of morpholine rings is 1. The molecule has 0 spiro atoms. The molecule has 1 aromatic heterocycles. The monoisotopic (exact) mass is 601 g/mol. The zero-order valence-corrected chi connectivity index (χ0v) is 26.0. The average molecular weight is 602 g/mol. The summed E-state index contributed by atoms with van der Waals surface area (Å²) in [5.74, 6) is 1.18. The summed E-state index contributed by atoms with van der Waals surface area (Å²) >= 11 is 0. The number of aromatic amines is 1. The number of likely N-dealkylation sites (tertiary alicyclic amines) is 1. The number of hydrogen-bond acceptors (Lipinski definition) is 11. The molecule has 0 saturated carbocycles. The number of aryl methyl sites for hydroxylation is 1. The molecule has 2 saturated heterocycles. The first kappa shape index (κ1) is 31.0. The molecule has 3 aliphatic heterocycles. The van der Waals surface area contributed by atoms with Gasteiger partial charge in [0.25, 0.3) is 5.91 Å². The molecule has 0 unspecified atom stereocenters. The van der Waals surface area contributed by atoms with Gasteiger partial charge in [0.05, 0.1) is 18.9 Å². The Morgan fingerprint density at radius 2 is 1.86 bits per heavy atom. The van der Waals surface area contributed by atoms with Gasteiger partial charge in [-0.1, -0.05) is 33.4 Å². The number of amides is 1. The number of nitrogens with one attached hydrogen (secondary N) is 3. The van der Waals surface area contributed by atoms with Crippen molar-refractivity contribution < 1.29 is 9.53 Å². The molecule has 2 aromatic rings. The lowest BCUT2D eigenvalue weighted by atomic mass is 9.92. The van der Waals surface area contributed by atoms with Gasteiger partial charge in [0.2, 0.25) is 5.96 Å². The fraction of sp³-hybridized carbons (Fsp3) is 0.452. The highest BCUT2D eigenvalue weighted by Gasteiger charge is 2.30. The van der Waals surface area contributed by atoms with Gasteiger partial charge in [-0.3, -0.25) is 19.8 Å². The van der Waals surface area contributed by atoms with Gasteiger partial charge < -0.3 is 31.7 Å². The first-order chi connectivity index (χ1) is 21.0. The van der Waals surface area contributed by atoms with Crippen LogP contribution in [0.15, 0.2) is 63.5 Å². The van der Waals surface area contributed by atoms with E-state index in [9.17, 15) is 4.79 Å². The number of benzene rings is 1. The first-order valence-electron chi connectivity index (χ1n) is 15.0. The van der Waals surface area contributed by atoms with Gasteiger partial charge in [0.1, 0.15) is 23.0 Å². The Labute approximate surface area is 258 Å². The summed E-state index contributed by atoms with van der Waals surface area (Å²) in [6, 6.07) is 7.70. The lowest BCUT2D eigenvalue weighted by Gasteiger charge is -2.40. The number of H-pyrrole nitrogens is 1. The molecular weight excluding hydrogens is 558 g/mol. The number of amidine groups is 1. The second-order valence-corrected chi connectivity index (χ2v) is 12.2. The number of aromatic nitrogens is 2. The number of nitrogens with two attached hydrogens (primary N) is 2. The van der Waals surface area contributed by atoms with Crippen molar-refractivity contribution in [2.24, 2.45) is 26.4 Å². The number of nitrogens with zero attached hydrogens (tertiary/aromatic N) is 6. The Kier molecular flexibility index (Phi) is 9.16. The third kappa shape index (κ3) is 7.00. The van der Waals surface area contributed by atoms with Gasteiger partial charge in [-0.2, -0.15) is 10.1 Å².